The lowest BCUT2D eigenvalue weighted by atomic mass is 10.1. The van der Waals surface area contributed by atoms with Gasteiger partial charge in [0.05, 0.1) is 6.21 Å². The molecule has 0 unspecified atom stereocenters. The van der Waals surface area contributed by atoms with Crippen LogP contribution in [0.2, 0.25) is 0 Å². The Hall–Kier alpha value is -2.89. The normalized spacial score (nSPS) is 10.6. The lowest BCUT2D eigenvalue weighted by Gasteiger charge is -2.04. The molecule has 0 aliphatic rings. The average Bonchev–Trinajstić information content (AvgIpc) is 2.93. The standard InChI is InChI=1S/C16H17N3O3/c1-3-12-5-7-13(8-6-12)18-15(20)16(21)19-17-10-14-9-4-11(2)22-14/h4-10H,3H2,1-2H3,(H,18,20)(H,19,21)/b17-10+. The van der Waals surface area contributed by atoms with Crippen molar-refractivity contribution in [3.8, 4) is 0 Å². The van der Waals surface area contributed by atoms with Crippen molar-refractivity contribution in [2.45, 2.75) is 20.3 Å². The second-order valence-corrected chi connectivity index (χ2v) is 4.65. The number of amides is 2. The van der Waals surface area contributed by atoms with Gasteiger partial charge in [0, 0.05) is 5.69 Å². The van der Waals surface area contributed by atoms with Crippen molar-refractivity contribution in [1.29, 1.82) is 0 Å². The molecule has 0 fully saturated rings. The Morgan fingerprint density at radius 3 is 2.45 bits per heavy atom. The molecule has 1 aromatic carbocycles. The first kappa shape index (κ1) is 15.5. The van der Waals surface area contributed by atoms with E-state index in [0.29, 0.717) is 11.4 Å². The summed E-state index contributed by atoms with van der Waals surface area (Å²) in [6.07, 6.45) is 2.24. The van der Waals surface area contributed by atoms with Crippen molar-refractivity contribution < 1.29 is 14.0 Å². The molecule has 0 atom stereocenters. The van der Waals surface area contributed by atoms with Crippen LogP contribution in [-0.2, 0) is 16.0 Å². The van der Waals surface area contributed by atoms with Crippen molar-refractivity contribution >= 4 is 23.7 Å². The Bertz CT molecular complexity index is 687. The van der Waals surface area contributed by atoms with Gasteiger partial charge in [0.15, 0.2) is 0 Å². The molecule has 0 saturated heterocycles. The van der Waals surface area contributed by atoms with Gasteiger partial charge < -0.3 is 9.73 Å². The molecule has 6 nitrogen and oxygen atoms in total. The summed E-state index contributed by atoms with van der Waals surface area (Å²) < 4.78 is 5.24. The van der Waals surface area contributed by atoms with Crippen LogP contribution in [-0.4, -0.2) is 18.0 Å². The summed E-state index contributed by atoms with van der Waals surface area (Å²) in [5.74, 6) is -0.398. The molecular formula is C16H17N3O3. The molecule has 6 heteroatoms. The van der Waals surface area contributed by atoms with Crippen LogP contribution >= 0.6 is 0 Å². The van der Waals surface area contributed by atoms with Crippen molar-refractivity contribution in [3.05, 3.63) is 53.5 Å². The highest BCUT2D eigenvalue weighted by molar-refractivity contribution is 6.39. The van der Waals surface area contributed by atoms with Crippen molar-refractivity contribution in [2.75, 3.05) is 5.32 Å². The van der Waals surface area contributed by atoms with Crippen molar-refractivity contribution in [3.63, 3.8) is 0 Å². The summed E-state index contributed by atoms with van der Waals surface area (Å²) in [5.41, 5.74) is 3.85. The van der Waals surface area contributed by atoms with Gasteiger partial charge in [-0.15, -0.1) is 0 Å². The Balaban J connectivity index is 1.86. The predicted octanol–water partition coefficient (Wildman–Crippen LogP) is 2.24. The second-order valence-electron chi connectivity index (χ2n) is 4.65. The molecule has 1 aromatic heterocycles. The van der Waals surface area contributed by atoms with Crippen LogP contribution in [0.4, 0.5) is 5.69 Å². The van der Waals surface area contributed by atoms with Crippen LogP contribution < -0.4 is 10.7 Å². The third kappa shape index (κ3) is 4.31. The quantitative estimate of drug-likeness (QED) is 0.516. The zero-order valence-electron chi connectivity index (χ0n) is 12.4. The number of carbonyl (C=O) groups excluding carboxylic acids is 2. The van der Waals surface area contributed by atoms with E-state index in [0.717, 1.165) is 17.7 Å². The fraction of sp³-hybridized carbons (Fsp3) is 0.188. The molecule has 0 spiro atoms. The van der Waals surface area contributed by atoms with E-state index < -0.39 is 11.8 Å². The van der Waals surface area contributed by atoms with Crippen LogP contribution in [0, 0.1) is 6.92 Å². The van der Waals surface area contributed by atoms with Crippen LogP contribution in [0.25, 0.3) is 0 Å². The summed E-state index contributed by atoms with van der Waals surface area (Å²) in [5, 5.41) is 6.16. The predicted molar refractivity (Wildman–Crippen MR) is 83.6 cm³/mol. The third-order valence-corrected chi connectivity index (χ3v) is 2.95. The molecule has 0 saturated carbocycles. The van der Waals surface area contributed by atoms with Crippen LogP contribution in [0.5, 0.6) is 0 Å². The zero-order chi connectivity index (χ0) is 15.9. The second kappa shape index (κ2) is 7.21. The maximum absolute atomic E-state index is 11.7. The average molecular weight is 299 g/mol. The smallest absolute Gasteiger partial charge is 0.329 e. The molecule has 2 aromatic rings. The lowest BCUT2D eigenvalue weighted by Crippen LogP contribution is -2.32. The zero-order valence-corrected chi connectivity index (χ0v) is 12.4. The highest BCUT2D eigenvalue weighted by Gasteiger charge is 2.12. The number of nitrogens with one attached hydrogen (secondary N) is 2. The molecule has 22 heavy (non-hydrogen) atoms. The molecule has 0 bridgehead atoms. The van der Waals surface area contributed by atoms with Gasteiger partial charge in [-0.3, -0.25) is 9.59 Å². The molecule has 0 aliphatic heterocycles. The molecule has 0 aliphatic carbocycles. The van der Waals surface area contributed by atoms with Gasteiger partial charge >= 0.3 is 11.8 Å². The minimum absolute atomic E-state index is 0.494. The van der Waals surface area contributed by atoms with E-state index in [-0.39, 0.29) is 0 Å². The summed E-state index contributed by atoms with van der Waals surface area (Å²) >= 11 is 0. The first-order valence-corrected chi connectivity index (χ1v) is 6.88. The number of benzene rings is 1. The lowest BCUT2D eigenvalue weighted by molar-refractivity contribution is -0.136. The molecule has 2 rings (SSSR count). The highest BCUT2D eigenvalue weighted by atomic mass is 16.3. The van der Waals surface area contributed by atoms with E-state index in [1.165, 1.54) is 6.21 Å². The Kier molecular flexibility index (Phi) is 5.08. The third-order valence-electron chi connectivity index (χ3n) is 2.95. The summed E-state index contributed by atoms with van der Waals surface area (Å²) in [6.45, 7) is 3.84. The molecule has 2 amide bonds. The van der Waals surface area contributed by atoms with Gasteiger partial charge in [-0.25, -0.2) is 5.43 Å². The van der Waals surface area contributed by atoms with Crippen molar-refractivity contribution in [1.82, 2.24) is 5.43 Å². The van der Waals surface area contributed by atoms with E-state index in [9.17, 15) is 9.59 Å². The Labute approximate surface area is 128 Å². The van der Waals surface area contributed by atoms with E-state index >= 15 is 0 Å². The number of hydrogen-bond donors (Lipinski definition) is 2. The molecule has 0 radical (unpaired) electrons. The first-order chi connectivity index (χ1) is 10.6. The maximum Gasteiger partial charge on any atom is 0.329 e. The molecule has 1 heterocycles. The largest absolute Gasteiger partial charge is 0.460 e. The van der Waals surface area contributed by atoms with E-state index in [2.05, 4.69) is 15.8 Å². The Morgan fingerprint density at radius 1 is 1.14 bits per heavy atom. The van der Waals surface area contributed by atoms with Gasteiger partial charge in [0.1, 0.15) is 11.5 Å². The number of nitrogens with zero attached hydrogens (tertiary/aromatic N) is 1. The van der Waals surface area contributed by atoms with E-state index in [1.54, 1.807) is 31.2 Å². The van der Waals surface area contributed by atoms with E-state index in [1.807, 2.05) is 19.1 Å². The van der Waals surface area contributed by atoms with Gasteiger partial charge in [-0.1, -0.05) is 19.1 Å². The topological polar surface area (TPSA) is 83.7 Å². The first-order valence-electron chi connectivity index (χ1n) is 6.88. The van der Waals surface area contributed by atoms with Crippen molar-refractivity contribution in [2.24, 2.45) is 5.10 Å². The Morgan fingerprint density at radius 2 is 1.86 bits per heavy atom. The molecular weight excluding hydrogens is 282 g/mol. The number of rotatable bonds is 4. The van der Waals surface area contributed by atoms with Gasteiger partial charge in [-0.2, -0.15) is 5.10 Å². The fourth-order valence-electron chi connectivity index (χ4n) is 1.74. The van der Waals surface area contributed by atoms with Gasteiger partial charge in [-0.05, 0) is 43.2 Å². The fourth-order valence-corrected chi connectivity index (χ4v) is 1.74. The SMILES string of the molecule is CCc1ccc(NC(=O)C(=O)N/N=C/c2ccc(C)o2)cc1. The minimum Gasteiger partial charge on any atom is -0.460 e. The van der Waals surface area contributed by atoms with Crippen LogP contribution in [0.15, 0.2) is 45.9 Å². The number of hydrogen-bond acceptors (Lipinski definition) is 4. The summed E-state index contributed by atoms with van der Waals surface area (Å²) in [4.78, 5) is 23.3. The monoisotopic (exact) mass is 299 g/mol. The summed E-state index contributed by atoms with van der Waals surface area (Å²) in [7, 11) is 0. The van der Waals surface area contributed by atoms with Crippen LogP contribution in [0.3, 0.4) is 0 Å². The maximum atomic E-state index is 11.7. The van der Waals surface area contributed by atoms with Crippen LogP contribution in [0.1, 0.15) is 24.0 Å². The highest BCUT2D eigenvalue weighted by Crippen LogP contribution is 2.09. The minimum atomic E-state index is -0.848. The molecule has 2 N–H and O–H groups in total. The molecule has 114 valence electrons. The summed E-state index contributed by atoms with van der Waals surface area (Å²) in [6, 6.07) is 10.8. The number of anilines is 1. The van der Waals surface area contributed by atoms with E-state index in [4.69, 9.17) is 4.42 Å². The number of hydrazone groups is 1. The van der Waals surface area contributed by atoms with Gasteiger partial charge in [0.2, 0.25) is 0 Å². The number of aryl methyl sites for hydroxylation is 2. The van der Waals surface area contributed by atoms with Gasteiger partial charge in [0.25, 0.3) is 0 Å². The number of carbonyl (C=O) groups is 2. The number of furan rings is 1.